The summed E-state index contributed by atoms with van der Waals surface area (Å²) in [6.45, 7) is 0.591. The fourth-order valence-electron chi connectivity index (χ4n) is 3.56. The van der Waals surface area contributed by atoms with Gasteiger partial charge in [-0.15, -0.1) is 0 Å². The molecule has 0 spiro atoms. The summed E-state index contributed by atoms with van der Waals surface area (Å²) in [4.78, 5) is 46.1. The third-order valence-electron chi connectivity index (χ3n) is 5.22. The highest BCUT2D eigenvalue weighted by molar-refractivity contribution is 5.95. The first kappa shape index (κ1) is 20.4. The Morgan fingerprint density at radius 3 is 2.81 bits per heavy atom. The lowest BCUT2D eigenvalue weighted by atomic mass is 10.1. The van der Waals surface area contributed by atoms with Crippen molar-refractivity contribution >= 4 is 34.5 Å². The van der Waals surface area contributed by atoms with Crippen molar-refractivity contribution in [1.29, 1.82) is 0 Å². The molecule has 3 N–H and O–H groups in total. The number of imidazole rings is 1. The molecular formula is C22H23N5O4. The summed E-state index contributed by atoms with van der Waals surface area (Å²) >= 11 is 0. The summed E-state index contributed by atoms with van der Waals surface area (Å²) in [7, 11) is 3.00. The Labute approximate surface area is 178 Å². The first-order valence-electron chi connectivity index (χ1n) is 9.87. The van der Waals surface area contributed by atoms with Crippen molar-refractivity contribution in [2.24, 2.45) is 0 Å². The van der Waals surface area contributed by atoms with Crippen LogP contribution < -0.4 is 10.6 Å². The number of carbonyl (C=O) groups excluding carboxylic acids is 3. The predicted molar refractivity (Wildman–Crippen MR) is 114 cm³/mol. The number of amides is 2. The Morgan fingerprint density at radius 1 is 1.23 bits per heavy atom. The molecule has 1 aromatic heterocycles. The number of ether oxygens (including phenoxy) is 1. The number of rotatable bonds is 5. The number of aromatic amines is 1. The SMILES string of the molecule is COC(=O)C[C@@H]1Nc2ccc(C(=O)N(C)Cc3nc4ccccc4[nH]3)cc2CNC1=O. The Morgan fingerprint density at radius 2 is 2.03 bits per heavy atom. The van der Waals surface area contributed by atoms with Crippen LogP contribution in [0.4, 0.5) is 5.69 Å². The van der Waals surface area contributed by atoms with Gasteiger partial charge in [-0.3, -0.25) is 14.4 Å². The van der Waals surface area contributed by atoms with Crippen LogP contribution in [0.1, 0.15) is 28.2 Å². The van der Waals surface area contributed by atoms with Crippen LogP contribution in [-0.4, -0.2) is 52.9 Å². The molecule has 0 saturated carbocycles. The van der Waals surface area contributed by atoms with Crippen LogP contribution in [0, 0.1) is 0 Å². The molecule has 2 aromatic carbocycles. The van der Waals surface area contributed by atoms with E-state index in [1.54, 1.807) is 30.1 Å². The van der Waals surface area contributed by atoms with E-state index < -0.39 is 12.0 Å². The van der Waals surface area contributed by atoms with E-state index in [0.29, 0.717) is 23.6 Å². The van der Waals surface area contributed by atoms with Crippen molar-refractivity contribution < 1.29 is 19.1 Å². The number of fused-ring (bicyclic) bond motifs is 2. The molecule has 0 fully saturated rings. The van der Waals surface area contributed by atoms with Gasteiger partial charge in [-0.1, -0.05) is 12.1 Å². The molecule has 0 aliphatic carbocycles. The maximum Gasteiger partial charge on any atom is 0.308 e. The van der Waals surface area contributed by atoms with Crippen molar-refractivity contribution in [3.8, 4) is 0 Å². The van der Waals surface area contributed by atoms with Gasteiger partial charge in [0.15, 0.2) is 0 Å². The number of esters is 1. The van der Waals surface area contributed by atoms with Crippen LogP contribution in [0.5, 0.6) is 0 Å². The van der Waals surface area contributed by atoms with E-state index in [2.05, 4.69) is 25.3 Å². The van der Waals surface area contributed by atoms with E-state index in [9.17, 15) is 14.4 Å². The Hall–Kier alpha value is -3.88. The van der Waals surface area contributed by atoms with Gasteiger partial charge in [0.1, 0.15) is 11.9 Å². The van der Waals surface area contributed by atoms with Crippen LogP contribution in [0.25, 0.3) is 11.0 Å². The summed E-state index contributed by atoms with van der Waals surface area (Å²) in [5.74, 6) is -0.233. The van der Waals surface area contributed by atoms with Crippen molar-refractivity contribution in [2.45, 2.75) is 25.6 Å². The highest BCUT2D eigenvalue weighted by Gasteiger charge is 2.26. The monoisotopic (exact) mass is 421 g/mol. The number of benzene rings is 2. The predicted octanol–water partition coefficient (Wildman–Crippen LogP) is 1.81. The van der Waals surface area contributed by atoms with E-state index in [-0.39, 0.29) is 24.8 Å². The van der Waals surface area contributed by atoms with Gasteiger partial charge >= 0.3 is 5.97 Å². The van der Waals surface area contributed by atoms with Gasteiger partial charge in [0, 0.05) is 24.8 Å². The third-order valence-corrected chi connectivity index (χ3v) is 5.22. The topological polar surface area (TPSA) is 116 Å². The highest BCUT2D eigenvalue weighted by atomic mass is 16.5. The number of carbonyl (C=O) groups is 3. The van der Waals surface area contributed by atoms with Crippen molar-refractivity contribution in [3.05, 3.63) is 59.4 Å². The number of methoxy groups -OCH3 is 1. The van der Waals surface area contributed by atoms with Crippen molar-refractivity contribution in [1.82, 2.24) is 20.2 Å². The standard InChI is InChI=1S/C22H23N5O4/c1-27(12-19-25-16-5-3-4-6-17(16)26-19)22(30)13-7-8-15-14(9-13)11-23-21(29)18(24-15)10-20(28)31-2/h3-9,18,24H,10-12H2,1-2H3,(H,23,29)(H,25,26)/t18-/m0/s1. The molecule has 3 aromatic rings. The minimum atomic E-state index is -0.731. The molecule has 1 aliphatic heterocycles. The molecule has 2 heterocycles. The van der Waals surface area contributed by atoms with Gasteiger partial charge in [-0.25, -0.2) is 4.98 Å². The number of aromatic nitrogens is 2. The molecule has 160 valence electrons. The molecule has 4 rings (SSSR count). The average molecular weight is 421 g/mol. The zero-order valence-corrected chi connectivity index (χ0v) is 17.3. The van der Waals surface area contributed by atoms with E-state index in [0.717, 1.165) is 16.6 Å². The normalized spacial score (nSPS) is 15.4. The number of H-pyrrole nitrogens is 1. The van der Waals surface area contributed by atoms with E-state index in [4.69, 9.17) is 0 Å². The lowest BCUT2D eigenvalue weighted by molar-refractivity contribution is -0.142. The van der Waals surface area contributed by atoms with Crippen LogP contribution in [0.2, 0.25) is 0 Å². The summed E-state index contributed by atoms with van der Waals surface area (Å²) in [5, 5.41) is 5.85. The molecule has 1 aliphatic rings. The van der Waals surface area contributed by atoms with Gasteiger partial charge in [-0.2, -0.15) is 0 Å². The molecule has 9 nitrogen and oxygen atoms in total. The number of para-hydroxylation sites is 2. The second-order valence-corrected chi connectivity index (χ2v) is 7.43. The maximum absolute atomic E-state index is 13.0. The Balaban J connectivity index is 1.49. The highest BCUT2D eigenvalue weighted by Crippen LogP contribution is 2.23. The van der Waals surface area contributed by atoms with E-state index in [1.807, 2.05) is 24.3 Å². The quantitative estimate of drug-likeness (QED) is 0.541. The summed E-state index contributed by atoms with van der Waals surface area (Å²) in [5.41, 5.74) is 3.74. The van der Waals surface area contributed by atoms with Gasteiger partial charge in [0.25, 0.3) is 5.91 Å². The molecular weight excluding hydrogens is 398 g/mol. The molecule has 31 heavy (non-hydrogen) atoms. The second kappa shape index (κ2) is 8.47. The fraction of sp³-hybridized carbons (Fsp3) is 0.273. The molecule has 0 unspecified atom stereocenters. The lowest BCUT2D eigenvalue weighted by Gasteiger charge is -2.18. The van der Waals surface area contributed by atoms with Crippen LogP contribution in [0.3, 0.4) is 0 Å². The van der Waals surface area contributed by atoms with Gasteiger partial charge in [0.2, 0.25) is 5.91 Å². The van der Waals surface area contributed by atoms with Gasteiger partial charge in [0.05, 0.1) is 31.1 Å². The fourth-order valence-corrected chi connectivity index (χ4v) is 3.56. The molecule has 0 radical (unpaired) electrons. The largest absolute Gasteiger partial charge is 0.469 e. The Bertz CT molecular complexity index is 1120. The van der Waals surface area contributed by atoms with Crippen LogP contribution in [-0.2, 0) is 27.4 Å². The maximum atomic E-state index is 13.0. The minimum absolute atomic E-state index is 0.0807. The second-order valence-electron chi connectivity index (χ2n) is 7.43. The zero-order valence-electron chi connectivity index (χ0n) is 17.3. The van der Waals surface area contributed by atoms with Crippen molar-refractivity contribution in [3.63, 3.8) is 0 Å². The first-order chi connectivity index (χ1) is 14.9. The number of hydrogen-bond acceptors (Lipinski definition) is 6. The number of hydrogen-bond donors (Lipinski definition) is 3. The lowest BCUT2D eigenvalue weighted by Crippen LogP contribution is -2.38. The number of nitrogens with one attached hydrogen (secondary N) is 3. The summed E-state index contributed by atoms with van der Waals surface area (Å²) < 4.78 is 4.66. The molecule has 9 heteroatoms. The molecule has 0 bridgehead atoms. The van der Waals surface area contributed by atoms with E-state index in [1.165, 1.54) is 7.11 Å². The van der Waals surface area contributed by atoms with Gasteiger partial charge < -0.3 is 25.3 Å². The average Bonchev–Trinajstić information content (AvgIpc) is 3.11. The van der Waals surface area contributed by atoms with Gasteiger partial charge in [-0.05, 0) is 35.9 Å². The molecule has 1 atom stereocenters. The third kappa shape index (κ3) is 4.35. The summed E-state index contributed by atoms with van der Waals surface area (Å²) in [6.07, 6.45) is -0.0807. The van der Waals surface area contributed by atoms with Crippen molar-refractivity contribution in [2.75, 3.05) is 19.5 Å². The van der Waals surface area contributed by atoms with E-state index >= 15 is 0 Å². The zero-order chi connectivity index (χ0) is 22.0. The first-order valence-corrected chi connectivity index (χ1v) is 9.87. The number of nitrogens with zero attached hydrogens (tertiary/aromatic N) is 2. The van der Waals surface area contributed by atoms with Crippen LogP contribution >= 0.6 is 0 Å². The number of anilines is 1. The molecule has 2 amide bonds. The van der Waals surface area contributed by atoms with Crippen LogP contribution in [0.15, 0.2) is 42.5 Å². The minimum Gasteiger partial charge on any atom is -0.469 e. The Kier molecular flexibility index (Phi) is 5.57. The smallest absolute Gasteiger partial charge is 0.308 e. The summed E-state index contributed by atoms with van der Waals surface area (Å²) in [6, 6.07) is 12.2. The molecule has 0 saturated heterocycles.